The number of benzene rings is 2. The molecular formula is C18H10N6O2S. The minimum atomic E-state index is -0.502. The molecule has 0 bridgehead atoms. The normalized spacial score (nSPS) is 9.70. The Morgan fingerprint density at radius 1 is 1.19 bits per heavy atom. The van der Waals surface area contributed by atoms with Crippen LogP contribution in [0.15, 0.2) is 59.0 Å². The number of hydrogen-bond donors (Lipinski definition) is 1. The molecule has 27 heavy (non-hydrogen) atoms. The van der Waals surface area contributed by atoms with Crippen LogP contribution in [0.25, 0.3) is 21.8 Å². The van der Waals surface area contributed by atoms with Gasteiger partial charge in [0.05, 0.1) is 16.3 Å². The molecular weight excluding hydrogens is 364 g/mol. The van der Waals surface area contributed by atoms with Gasteiger partial charge in [-0.05, 0) is 6.07 Å². The number of aromatic nitrogens is 1. The molecule has 3 aromatic rings. The van der Waals surface area contributed by atoms with Gasteiger partial charge < -0.3 is 0 Å². The summed E-state index contributed by atoms with van der Waals surface area (Å²) in [5, 5.41) is 34.8. The Hall–Kier alpha value is -4.08. The van der Waals surface area contributed by atoms with Crippen LogP contribution in [-0.2, 0) is 0 Å². The Kier molecular flexibility index (Phi) is 5.17. The van der Waals surface area contributed by atoms with E-state index in [0.717, 1.165) is 11.3 Å². The van der Waals surface area contributed by atoms with Gasteiger partial charge in [0.2, 0.25) is 5.71 Å². The molecule has 0 atom stereocenters. The van der Waals surface area contributed by atoms with E-state index >= 15 is 0 Å². The maximum absolute atomic E-state index is 11.1. The van der Waals surface area contributed by atoms with Gasteiger partial charge in [-0.3, -0.25) is 15.5 Å². The smallest absolute Gasteiger partial charge is 0.270 e. The fourth-order valence-electron chi connectivity index (χ4n) is 2.25. The molecule has 0 aliphatic carbocycles. The van der Waals surface area contributed by atoms with E-state index in [-0.39, 0.29) is 11.4 Å². The number of non-ortho nitro benzene ring substituents is 1. The van der Waals surface area contributed by atoms with Gasteiger partial charge >= 0.3 is 0 Å². The van der Waals surface area contributed by atoms with Crippen molar-refractivity contribution in [1.82, 2.24) is 4.98 Å². The summed E-state index contributed by atoms with van der Waals surface area (Å²) >= 11 is 1.33. The van der Waals surface area contributed by atoms with Crippen LogP contribution < -0.4 is 5.43 Å². The standard InChI is InChI=1S/C18H10N6O2S/c19-9-13(10-20)22-23-16-7-6-14(24(25)26)8-15(16)18-21-17(11-27-18)12-4-2-1-3-5-12/h1-8,11,23H. The van der Waals surface area contributed by atoms with Crippen molar-refractivity contribution in [2.75, 3.05) is 5.43 Å². The Bertz CT molecular complexity index is 1090. The lowest BCUT2D eigenvalue weighted by molar-refractivity contribution is -0.384. The van der Waals surface area contributed by atoms with Gasteiger partial charge in [-0.25, -0.2) is 4.98 Å². The molecule has 0 aliphatic heterocycles. The fourth-order valence-corrected chi connectivity index (χ4v) is 3.11. The van der Waals surface area contributed by atoms with Gasteiger partial charge in [-0.15, -0.1) is 11.3 Å². The van der Waals surface area contributed by atoms with E-state index in [0.29, 0.717) is 16.3 Å². The molecule has 0 spiro atoms. The number of nitrogens with zero attached hydrogens (tertiary/aromatic N) is 5. The second-order valence-electron chi connectivity index (χ2n) is 5.19. The maximum atomic E-state index is 11.1. The average Bonchev–Trinajstić information content (AvgIpc) is 3.19. The summed E-state index contributed by atoms with van der Waals surface area (Å²) in [6, 6.07) is 17.0. The van der Waals surface area contributed by atoms with E-state index in [1.165, 1.54) is 29.5 Å². The van der Waals surface area contributed by atoms with Gasteiger partial charge in [0, 0.05) is 28.6 Å². The van der Waals surface area contributed by atoms with E-state index in [1.807, 2.05) is 35.7 Å². The van der Waals surface area contributed by atoms with E-state index < -0.39 is 4.92 Å². The Labute approximate surface area is 157 Å². The summed E-state index contributed by atoms with van der Waals surface area (Å²) < 4.78 is 0. The third-order valence-corrected chi connectivity index (χ3v) is 4.39. The van der Waals surface area contributed by atoms with Crippen LogP contribution in [0.1, 0.15) is 0 Å². The van der Waals surface area contributed by atoms with Crippen LogP contribution in [0.3, 0.4) is 0 Å². The number of hydrazone groups is 1. The molecule has 0 amide bonds. The molecule has 130 valence electrons. The lowest BCUT2D eigenvalue weighted by Gasteiger charge is -2.06. The highest BCUT2D eigenvalue weighted by Crippen LogP contribution is 2.35. The van der Waals surface area contributed by atoms with Crippen LogP contribution in [0.4, 0.5) is 11.4 Å². The largest absolute Gasteiger partial charge is 0.276 e. The van der Waals surface area contributed by atoms with Crippen molar-refractivity contribution in [3.8, 4) is 34.0 Å². The first-order chi connectivity index (χ1) is 13.1. The SMILES string of the molecule is N#CC(C#N)=NNc1ccc([N+](=O)[O-])cc1-c1nc(-c2ccccc2)cs1. The summed E-state index contributed by atoms with van der Waals surface area (Å²) in [6.07, 6.45) is 0. The molecule has 8 nitrogen and oxygen atoms in total. The zero-order valence-corrected chi connectivity index (χ0v) is 14.5. The highest BCUT2D eigenvalue weighted by atomic mass is 32.1. The molecule has 0 aliphatic rings. The van der Waals surface area contributed by atoms with Gasteiger partial charge in [0.25, 0.3) is 5.69 Å². The first kappa shape index (κ1) is 17.7. The second-order valence-corrected chi connectivity index (χ2v) is 6.04. The molecule has 1 N–H and O–H groups in total. The summed E-state index contributed by atoms with van der Waals surface area (Å²) in [5.41, 5.74) is 4.68. The summed E-state index contributed by atoms with van der Waals surface area (Å²) in [7, 11) is 0. The van der Waals surface area contributed by atoms with Crippen molar-refractivity contribution in [1.29, 1.82) is 10.5 Å². The summed E-state index contributed by atoms with van der Waals surface area (Å²) in [4.78, 5) is 15.2. The van der Waals surface area contributed by atoms with E-state index in [2.05, 4.69) is 15.5 Å². The number of hydrogen-bond acceptors (Lipinski definition) is 8. The molecule has 1 aromatic heterocycles. The van der Waals surface area contributed by atoms with Crippen LogP contribution in [0, 0.1) is 32.8 Å². The van der Waals surface area contributed by atoms with Crippen LogP contribution >= 0.6 is 11.3 Å². The minimum absolute atomic E-state index is 0.100. The molecule has 0 saturated carbocycles. The van der Waals surface area contributed by atoms with Crippen LogP contribution in [0.2, 0.25) is 0 Å². The topological polar surface area (TPSA) is 128 Å². The summed E-state index contributed by atoms with van der Waals surface area (Å²) in [6.45, 7) is 0. The number of nitro benzene ring substituents is 1. The molecule has 0 unspecified atom stereocenters. The van der Waals surface area contributed by atoms with Crippen molar-refractivity contribution in [2.24, 2.45) is 5.10 Å². The van der Waals surface area contributed by atoms with Crippen LogP contribution in [0.5, 0.6) is 0 Å². The van der Waals surface area contributed by atoms with Crippen molar-refractivity contribution in [2.45, 2.75) is 0 Å². The zero-order chi connectivity index (χ0) is 19.2. The number of nitriles is 2. The molecule has 0 fully saturated rings. The third-order valence-electron chi connectivity index (χ3n) is 3.52. The molecule has 9 heteroatoms. The number of nitro groups is 1. The number of nitrogens with one attached hydrogen (secondary N) is 1. The summed E-state index contributed by atoms with van der Waals surface area (Å²) in [5.74, 6) is 0. The molecule has 1 heterocycles. The van der Waals surface area contributed by atoms with Gasteiger partial charge in [-0.2, -0.15) is 15.6 Å². The lowest BCUT2D eigenvalue weighted by Crippen LogP contribution is -1.99. The predicted molar refractivity (Wildman–Crippen MR) is 102 cm³/mol. The number of anilines is 1. The van der Waals surface area contributed by atoms with Gasteiger partial charge in [0.15, 0.2) is 0 Å². The molecule has 2 aromatic carbocycles. The molecule has 3 rings (SSSR count). The van der Waals surface area contributed by atoms with E-state index in [4.69, 9.17) is 10.5 Å². The zero-order valence-electron chi connectivity index (χ0n) is 13.7. The Balaban J connectivity index is 2.05. The second kappa shape index (κ2) is 7.87. The highest BCUT2D eigenvalue weighted by Gasteiger charge is 2.16. The number of thiazole rings is 1. The average molecular weight is 374 g/mol. The molecule has 0 radical (unpaired) electrons. The third kappa shape index (κ3) is 3.95. The van der Waals surface area contributed by atoms with Crippen molar-refractivity contribution < 1.29 is 4.92 Å². The maximum Gasteiger partial charge on any atom is 0.270 e. The minimum Gasteiger partial charge on any atom is -0.276 e. The number of rotatable bonds is 5. The predicted octanol–water partition coefficient (Wildman–Crippen LogP) is 4.20. The first-order valence-electron chi connectivity index (χ1n) is 7.56. The van der Waals surface area contributed by atoms with Gasteiger partial charge in [-0.1, -0.05) is 30.3 Å². The first-order valence-corrected chi connectivity index (χ1v) is 8.44. The highest BCUT2D eigenvalue weighted by molar-refractivity contribution is 7.13. The van der Waals surface area contributed by atoms with Crippen molar-refractivity contribution >= 4 is 28.4 Å². The van der Waals surface area contributed by atoms with E-state index in [9.17, 15) is 10.1 Å². The molecule has 0 saturated heterocycles. The van der Waals surface area contributed by atoms with Crippen LogP contribution in [-0.4, -0.2) is 15.6 Å². The fraction of sp³-hybridized carbons (Fsp3) is 0. The van der Waals surface area contributed by atoms with E-state index in [1.54, 1.807) is 12.1 Å². The Morgan fingerprint density at radius 3 is 2.59 bits per heavy atom. The monoisotopic (exact) mass is 374 g/mol. The lowest BCUT2D eigenvalue weighted by atomic mass is 10.1. The van der Waals surface area contributed by atoms with Gasteiger partial charge in [0.1, 0.15) is 17.1 Å². The quantitative estimate of drug-likeness (QED) is 0.405. The van der Waals surface area contributed by atoms with Crippen molar-refractivity contribution in [3.63, 3.8) is 0 Å². The van der Waals surface area contributed by atoms with Crippen molar-refractivity contribution in [3.05, 3.63) is 64.0 Å². The Morgan fingerprint density at radius 2 is 1.93 bits per heavy atom.